The van der Waals surface area contributed by atoms with Gasteiger partial charge in [-0.1, -0.05) is 42.8 Å². The maximum absolute atomic E-state index is 12.8. The summed E-state index contributed by atoms with van der Waals surface area (Å²) in [7, 11) is 0. The van der Waals surface area contributed by atoms with Gasteiger partial charge in [-0.05, 0) is 44.4 Å². The molecule has 1 unspecified atom stereocenters. The SMILES string of the molecule is O=c1c(Cl)c(NCC2CCCOC2)cnn1C1CCN(SC2CCCCC2)CC1. The van der Waals surface area contributed by atoms with E-state index in [1.807, 2.05) is 11.9 Å². The third kappa shape index (κ3) is 5.69. The van der Waals surface area contributed by atoms with Gasteiger partial charge in [0.25, 0.3) is 5.56 Å². The lowest BCUT2D eigenvalue weighted by atomic mass is 10.0. The van der Waals surface area contributed by atoms with Gasteiger partial charge in [-0.3, -0.25) is 9.10 Å². The summed E-state index contributed by atoms with van der Waals surface area (Å²) in [5.74, 6) is 0.466. The van der Waals surface area contributed by atoms with Crippen LogP contribution in [0.25, 0.3) is 0 Å². The van der Waals surface area contributed by atoms with E-state index in [0.717, 1.165) is 63.8 Å². The first-order chi connectivity index (χ1) is 14.2. The number of piperidine rings is 1. The van der Waals surface area contributed by atoms with Crippen LogP contribution in [-0.2, 0) is 4.74 Å². The van der Waals surface area contributed by atoms with Gasteiger partial charge in [-0.25, -0.2) is 4.68 Å². The molecule has 3 aliphatic rings. The summed E-state index contributed by atoms with van der Waals surface area (Å²) in [5.41, 5.74) is 0.471. The van der Waals surface area contributed by atoms with Gasteiger partial charge in [-0.15, -0.1) is 0 Å². The summed E-state index contributed by atoms with van der Waals surface area (Å²) in [6.45, 7) is 4.42. The van der Waals surface area contributed by atoms with Gasteiger partial charge in [-0.2, -0.15) is 5.10 Å². The summed E-state index contributed by atoms with van der Waals surface area (Å²) in [6.07, 6.45) is 12.7. The molecule has 0 amide bonds. The van der Waals surface area contributed by atoms with Crippen LogP contribution in [0.3, 0.4) is 0 Å². The zero-order valence-corrected chi connectivity index (χ0v) is 18.7. The van der Waals surface area contributed by atoms with Gasteiger partial charge in [0, 0.05) is 31.5 Å². The molecule has 1 atom stereocenters. The molecule has 2 saturated heterocycles. The van der Waals surface area contributed by atoms with Crippen LogP contribution >= 0.6 is 23.5 Å². The van der Waals surface area contributed by atoms with Crippen molar-refractivity contribution in [1.29, 1.82) is 0 Å². The lowest BCUT2D eigenvalue weighted by Gasteiger charge is -2.34. The summed E-state index contributed by atoms with van der Waals surface area (Å²) < 4.78 is 9.63. The largest absolute Gasteiger partial charge is 0.382 e. The molecule has 1 saturated carbocycles. The Morgan fingerprint density at radius 3 is 2.66 bits per heavy atom. The van der Waals surface area contributed by atoms with Gasteiger partial charge in [0.2, 0.25) is 0 Å². The Morgan fingerprint density at radius 2 is 1.93 bits per heavy atom. The highest BCUT2D eigenvalue weighted by Crippen LogP contribution is 2.34. The monoisotopic (exact) mass is 440 g/mol. The summed E-state index contributed by atoms with van der Waals surface area (Å²) in [4.78, 5) is 12.8. The Kier molecular flexibility index (Phi) is 7.78. The van der Waals surface area contributed by atoms with Crippen molar-refractivity contribution in [3.63, 3.8) is 0 Å². The Hall–Kier alpha value is -0.760. The Bertz CT molecular complexity index is 711. The second kappa shape index (κ2) is 10.5. The third-order valence-corrected chi connectivity index (χ3v) is 8.20. The van der Waals surface area contributed by atoms with Gasteiger partial charge < -0.3 is 10.1 Å². The van der Waals surface area contributed by atoms with E-state index in [-0.39, 0.29) is 16.6 Å². The second-order valence-corrected chi connectivity index (χ2v) is 10.4. The highest BCUT2D eigenvalue weighted by Gasteiger charge is 2.26. The number of aromatic nitrogens is 2. The molecular weight excluding hydrogens is 408 g/mol. The molecule has 0 bridgehead atoms. The smallest absolute Gasteiger partial charge is 0.287 e. The van der Waals surface area contributed by atoms with E-state index in [9.17, 15) is 4.79 Å². The van der Waals surface area contributed by atoms with Gasteiger partial charge in [0.1, 0.15) is 5.02 Å². The number of nitrogens with one attached hydrogen (secondary N) is 1. The van der Waals surface area contributed by atoms with E-state index < -0.39 is 0 Å². The van der Waals surface area contributed by atoms with Crippen LogP contribution in [-0.4, -0.2) is 52.2 Å². The van der Waals surface area contributed by atoms with Crippen LogP contribution in [0.5, 0.6) is 0 Å². The molecule has 8 heteroatoms. The predicted molar refractivity (Wildman–Crippen MR) is 120 cm³/mol. The van der Waals surface area contributed by atoms with Crippen LogP contribution in [0, 0.1) is 5.92 Å². The molecule has 6 nitrogen and oxygen atoms in total. The molecule has 162 valence electrons. The molecule has 0 aromatic carbocycles. The molecule has 0 spiro atoms. The minimum Gasteiger partial charge on any atom is -0.382 e. The molecule has 0 radical (unpaired) electrons. The van der Waals surface area contributed by atoms with Gasteiger partial charge in [0.05, 0.1) is 24.5 Å². The molecule has 1 N–H and O–H groups in total. The van der Waals surface area contributed by atoms with Gasteiger partial charge >= 0.3 is 0 Å². The average Bonchev–Trinajstić information content (AvgIpc) is 2.77. The van der Waals surface area contributed by atoms with E-state index >= 15 is 0 Å². The number of rotatable bonds is 6. The topological polar surface area (TPSA) is 59.4 Å². The van der Waals surface area contributed by atoms with Crippen molar-refractivity contribution in [3.05, 3.63) is 21.6 Å². The van der Waals surface area contributed by atoms with Gasteiger partial charge in [0.15, 0.2) is 0 Å². The lowest BCUT2D eigenvalue weighted by molar-refractivity contribution is 0.0595. The number of ether oxygens (including phenoxy) is 1. The van der Waals surface area contributed by atoms with E-state index in [0.29, 0.717) is 11.6 Å². The van der Waals surface area contributed by atoms with Crippen LogP contribution in [0.15, 0.2) is 11.0 Å². The zero-order chi connectivity index (χ0) is 20.1. The average molecular weight is 441 g/mol. The van der Waals surface area contributed by atoms with Crippen LogP contribution in [0.1, 0.15) is 63.8 Å². The molecule has 3 fully saturated rings. The second-order valence-electron chi connectivity index (χ2n) is 8.61. The normalized spacial score (nSPS) is 25.2. The fraction of sp³-hybridized carbons (Fsp3) is 0.810. The Labute approximate surface area is 182 Å². The Balaban J connectivity index is 1.30. The van der Waals surface area contributed by atoms with Crippen molar-refractivity contribution in [2.45, 2.75) is 69.1 Å². The summed E-state index contributed by atoms with van der Waals surface area (Å²) in [6, 6.07) is 0.143. The summed E-state index contributed by atoms with van der Waals surface area (Å²) in [5, 5.41) is 8.82. The van der Waals surface area contributed by atoms with E-state index in [4.69, 9.17) is 16.3 Å². The lowest BCUT2D eigenvalue weighted by Crippen LogP contribution is -2.37. The fourth-order valence-corrected chi connectivity index (χ4v) is 6.21. The minimum atomic E-state index is -0.171. The molecule has 29 heavy (non-hydrogen) atoms. The molecule has 3 heterocycles. The third-order valence-electron chi connectivity index (χ3n) is 6.40. The van der Waals surface area contributed by atoms with Crippen molar-refractivity contribution in [3.8, 4) is 0 Å². The summed E-state index contributed by atoms with van der Waals surface area (Å²) >= 11 is 8.46. The van der Waals surface area contributed by atoms with Crippen LogP contribution in [0.2, 0.25) is 5.02 Å². The fourth-order valence-electron chi connectivity index (χ4n) is 4.62. The van der Waals surface area contributed by atoms with Crippen LogP contribution in [0.4, 0.5) is 5.69 Å². The van der Waals surface area contributed by atoms with Crippen molar-refractivity contribution in [2.75, 3.05) is 38.2 Å². The molecule has 2 aliphatic heterocycles. The Morgan fingerprint density at radius 1 is 1.14 bits per heavy atom. The van der Waals surface area contributed by atoms with E-state index in [1.54, 1.807) is 10.9 Å². The number of hydrogen-bond acceptors (Lipinski definition) is 6. The molecule has 4 rings (SSSR count). The maximum Gasteiger partial charge on any atom is 0.287 e. The first kappa shape index (κ1) is 21.5. The van der Waals surface area contributed by atoms with Crippen molar-refractivity contribution in [1.82, 2.24) is 14.1 Å². The van der Waals surface area contributed by atoms with E-state index in [2.05, 4.69) is 14.7 Å². The number of nitrogens with zero attached hydrogens (tertiary/aromatic N) is 3. The first-order valence-corrected chi connectivity index (χ1v) is 12.4. The van der Waals surface area contributed by atoms with Crippen LogP contribution < -0.4 is 10.9 Å². The predicted octanol–water partition coefficient (Wildman–Crippen LogP) is 4.35. The molecule has 1 aromatic rings. The number of anilines is 1. The molecular formula is C21H33ClN4O2S. The van der Waals surface area contributed by atoms with Crippen molar-refractivity contribution >= 4 is 29.2 Å². The standard InChI is InChI=1S/C21H33ClN4O2S/c22-20-19(23-13-16-5-4-12-28-15-16)14-24-26(21(20)27)17-8-10-25(11-9-17)29-18-6-2-1-3-7-18/h14,16-18,23H,1-13,15H2. The maximum atomic E-state index is 12.8. The van der Waals surface area contributed by atoms with E-state index in [1.165, 1.54) is 32.1 Å². The van der Waals surface area contributed by atoms with Crippen molar-refractivity contribution in [2.24, 2.45) is 5.92 Å². The highest BCUT2D eigenvalue weighted by molar-refractivity contribution is 7.97. The van der Waals surface area contributed by atoms with Crippen molar-refractivity contribution < 1.29 is 4.74 Å². The number of halogens is 1. The quantitative estimate of drug-likeness (QED) is 0.663. The number of hydrogen-bond donors (Lipinski definition) is 1. The first-order valence-electron chi connectivity index (χ1n) is 11.2. The molecule has 1 aromatic heterocycles. The zero-order valence-electron chi connectivity index (χ0n) is 17.2. The highest BCUT2D eigenvalue weighted by atomic mass is 35.5. The minimum absolute atomic E-state index is 0.143. The molecule has 1 aliphatic carbocycles.